The third kappa shape index (κ3) is 2.29. The minimum atomic E-state index is -2.69. The Kier molecular flexibility index (Phi) is 3.29. The van der Waals surface area contributed by atoms with Crippen LogP contribution in [0.25, 0.3) is 22.3 Å². The summed E-state index contributed by atoms with van der Waals surface area (Å²) in [5.41, 5.74) is 0.415. The zero-order valence-electron chi connectivity index (χ0n) is 11.4. The van der Waals surface area contributed by atoms with Crippen LogP contribution in [0.4, 0.5) is 13.2 Å². The first-order valence-corrected chi connectivity index (χ1v) is 6.32. The number of nitrogens with zero attached hydrogens (tertiary/aromatic N) is 4. The molecule has 7 heteroatoms. The van der Waals surface area contributed by atoms with Crippen LogP contribution in [0.3, 0.4) is 0 Å². The first kappa shape index (κ1) is 14.1. The first-order chi connectivity index (χ1) is 10.5. The van der Waals surface area contributed by atoms with Gasteiger partial charge in [0.2, 0.25) is 0 Å². The third-order valence-electron chi connectivity index (χ3n) is 3.26. The van der Waals surface area contributed by atoms with Crippen molar-refractivity contribution in [3.05, 3.63) is 47.4 Å². The van der Waals surface area contributed by atoms with Crippen LogP contribution in [0.5, 0.6) is 0 Å². The van der Waals surface area contributed by atoms with E-state index < -0.39 is 12.2 Å². The molecule has 2 heterocycles. The van der Waals surface area contributed by atoms with Crippen molar-refractivity contribution >= 4 is 11.0 Å². The minimum absolute atomic E-state index is 0.168. The Balaban J connectivity index is 2.25. The number of rotatable bonds is 2. The molecule has 0 fully saturated rings. The number of fused-ring (bicyclic) bond motifs is 1. The summed E-state index contributed by atoms with van der Waals surface area (Å²) in [5.74, 6) is -0.667. The average molecular weight is 302 g/mol. The molecule has 0 N–H and O–H groups in total. The maximum absolute atomic E-state index is 13.4. The molecule has 3 rings (SSSR count). The quantitative estimate of drug-likeness (QED) is 0.727. The largest absolute Gasteiger partial charge is 0.273 e. The topological polar surface area (TPSA) is 54.5 Å². The molecular formula is C15H9F3N4. The molecule has 0 unspecified atom stereocenters. The number of halogens is 3. The van der Waals surface area contributed by atoms with E-state index in [0.29, 0.717) is 5.56 Å². The van der Waals surface area contributed by atoms with Gasteiger partial charge in [0.15, 0.2) is 5.65 Å². The van der Waals surface area contributed by atoms with Crippen LogP contribution in [-0.4, -0.2) is 14.8 Å². The second-order valence-corrected chi connectivity index (χ2v) is 4.74. The zero-order valence-corrected chi connectivity index (χ0v) is 11.4. The van der Waals surface area contributed by atoms with Crippen molar-refractivity contribution in [2.45, 2.75) is 6.43 Å². The van der Waals surface area contributed by atoms with Gasteiger partial charge in [0.1, 0.15) is 11.9 Å². The Bertz CT molecular complexity index is 909. The van der Waals surface area contributed by atoms with Gasteiger partial charge < -0.3 is 0 Å². The Morgan fingerprint density at radius 1 is 1.27 bits per heavy atom. The van der Waals surface area contributed by atoms with Gasteiger partial charge >= 0.3 is 0 Å². The van der Waals surface area contributed by atoms with Crippen molar-refractivity contribution in [3.63, 3.8) is 0 Å². The van der Waals surface area contributed by atoms with Crippen molar-refractivity contribution in [1.82, 2.24) is 14.8 Å². The molecule has 110 valence electrons. The van der Waals surface area contributed by atoms with Crippen LogP contribution >= 0.6 is 0 Å². The third-order valence-corrected chi connectivity index (χ3v) is 3.26. The SMILES string of the molecule is Cn1cc2c(C(F)F)cc(-c3ccc(F)c(C#N)c3)nc2n1. The van der Waals surface area contributed by atoms with Crippen molar-refractivity contribution in [3.8, 4) is 17.3 Å². The van der Waals surface area contributed by atoms with E-state index in [9.17, 15) is 13.2 Å². The predicted molar refractivity (Wildman–Crippen MR) is 73.6 cm³/mol. The molecule has 0 saturated carbocycles. The Labute approximate surface area is 123 Å². The van der Waals surface area contributed by atoms with Gasteiger partial charge in [0, 0.05) is 29.8 Å². The smallest absolute Gasteiger partial charge is 0.264 e. The van der Waals surface area contributed by atoms with Gasteiger partial charge in [-0.05, 0) is 24.3 Å². The van der Waals surface area contributed by atoms with E-state index in [-0.39, 0.29) is 27.9 Å². The molecular weight excluding hydrogens is 293 g/mol. The summed E-state index contributed by atoms with van der Waals surface area (Å²) in [6.07, 6.45) is -1.22. The molecule has 2 aromatic heterocycles. The molecule has 0 aliphatic carbocycles. The second-order valence-electron chi connectivity index (χ2n) is 4.74. The Morgan fingerprint density at radius 3 is 2.73 bits per heavy atom. The van der Waals surface area contributed by atoms with E-state index in [1.54, 1.807) is 13.1 Å². The Morgan fingerprint density at radius 2 is 2.05 bits per heavy atom. The van der Waals surface area contributed by atoms with Gasteiger partial charge in [-0.25, -0.2) is 18.2 Å². The first-order valence-electron chi connectivity index (χ1n) is 6.32. The van der Waals surface area contributed by atoms with E-state index in [2.05, 4.69) is 10.1 Å². The number of nitriles is 1. The molecule has 0 saturated heterocycles. The summed E-state index contributed by atoms with van der Waals surface area (Å²) in [7, 11) is 1.61. The number of hydrogen-bond donors (Lipinski definition) is 0. The molecule has 0 aliphatic heterocycles. The fourth-order valence-corrected chi connectivity index (χ4v) is 2.23. The zero-order chi connectivity index (χ0) is 15.9. The number of benzene rings is 1. The summed E-state index contributed by atoms with van der Waals surface area (Å²) in [4.78, 5) is 4.22. The number of hydrogen-bond acceptors (Lipinski definition) is 3. The lowest BCUT2D eigenvalue weighted by Crippen LogP contribution is -1.93. The minimum Gasteiger partial charge on any atom is -0.273 e. The Hall–Kier alpha value is -2.88. The van der Waals surface area contributed by atoms with E-state index in [1.165, 1.54) is 29.1 Å². The van der Waals surface area contributed by atoms with Gasteiger partial charge in [-0.1, -0.05) is 0 Å². The maximum atomic E-state index is 13.4. The average Bonchev–Trinajstić information content (AvgIpc) is 2.86. The van der Waals surface area contributed by atoms with E-state index in [0.717, 1.165) is 6.07 Å². The van der Waals surface area contributed by atoms with Crippen LogP contribution in [0.2, 0.25) is 0 Å². The van der Waals surface area contributed by atoms with Crippen LogP contribution in [0, 0.1) is 17.1 Å². The highest BCUT2D eigenvalue weighted by Crippen LogP contribution is 2.31. The monoisotopic (exact) mass is 302 g/mol. The van der Waals surface area contributed by atoms with E-state index >= 15 is 0 Å². The fraction of sp³-hybridized carbons (Fsp3) is 0.133. The van der Waals surface area contributed by atoms with Gasteiger partial charge in [0.05, 0.1) is 11.3 Å². The number of pyridine rings is 1. The standard InChI is InChI=1S/C15H9F3N4/c1-22-7-11-10(14(17)18)5-13(20-15(11)21-22)8-2-3-12(16)9(4-8)6-19/h2-5,7,14H,1H3. The number of alkyl halides is 2. The maximum Gasteiger partial charge on any atom is 0.264 e. The molecule has 22 heavy (non-hydrogen) atoms. The van der Waals surface area contributed by atoms with Crippen molar-refractivity contribution in [2.75, 3.05) is 0 Å². The lowest BCUT2D eigenvalue weighted by Gasteiger charge is -2.06. The van der Waals surface area contributed by atoms with Crippen molar-refractivity contribution in [2.24, 2.45) is 7.05 Å². The molecule has 0 radical (unpaired) electrons. The van der Waals surface area contributed by atoms with Gasteiger partial charge in [-0.15, -0.1) is 0 Å². The number of aromatic nitrogens is 3. The van der Waals surface area contributed by atoms with Crippen LogP contribution in [0.1, 0.15) is 17.6 Å². The summed E-state index contributed by atoms with van der Waals surface area (Å²) in [6.45, 7) is 0. The van der Waals surface area contributed by atoms with Crippen LogP contribution in [0.15, 0.2) is 30.5 Å². The molecule has 0 aliphatic rings. The molecule has 3 aromatic rings. The van der Waals surface area contributed by atoms with Gasteiger partial charge in [-0.3, -0.25) is 4.68 Å². The highest BCUT2D eigenvalue weighted by molar-refractivity contribution is 5.82. The summed E-state index contributed by atoms with van der Waals surface area (Å²) < 4.78 is 41.2. The van der Waals surface area contributed by atoms with Gasteiger partial charge in [-0.2, -0.15) is 10.4 Å². The van der Waals surface area contributed by atoms with Gasteiger partial charge in [0.25, 0.3) is 6.43 Å². The number of aryl methyl sites for hydroxylation is 1. The lowest BCUT2D eigenvalue weighted by atomic mass is 10.0. The molecule has 0 spiro atoms. The van der Waals surface area contributed by atoms with Crippen LogP contribution in [-0.2, 0) is 7.05 Å². The highest BCUT2D eigenvalue weighted by Gasteiger charge is 2.17. The molecule has 0 bridgehead atoms. The van der Waals surface area contributed by atoms with Crippen molar-refractivity contribution in [1.29, 1.82) is 5.26 Å². The predicted octanol–water partition coefficient (Wildman–Crippen LogP) is 3.58. The molecule has 0 amide bonds. The highest BCUT2D eigenvalue weighted by atomic mass is 19.3. The molecule has 1 aromatic carbocycles. The van der Waals surface area contributed by atoms with Crippen molar-refractivity contribution < 1.29 is 13.2 Å². The summed E-state index contributed by atoms with van der Waals surface area (Å²) in [6, 6.07) is 6.73. The summed E-state index contributed by atoms with van der Waals surface area (Å²) in [5, 5.41) is 13.2. The molecule has 0 atom stereocenters. The second kappa shape index (κ2) is 5.15. The van der Waals surface area contributed by atoms with Crippen LogP contribution < -0.4 is 0 Å². The fourth-order valence-electron chi connectivity index (χ4n) is 2.23. The lowest BCUT2D eigenvalue weighted by molar-refractivity contribution is 0.153. The van der Waals surface area contributed by atoms with E-state index in [4.69, 9.17) is 5.26 Å². The summed E-state index contributed by atoms with van der Waals surface area (Å²) >= 11 is 0. The van der Waals surface area contributed by atoms with E-state index in [1.807, 2.05) is 0 Å². The normalized spacial score (nSPS) is 11.1. The molecule has 4 nitrogen and oxygen atoms in total.